The molecule has 1 rings (SSSR count). The molecule has 1 atom stereocenters. The fourth-order valence-electron chi connectivity index (χ4n) is 1.93. The van der Waals surface area contributed by atoms with Crippen molar-refractivity contribution in [2.75, 3.05) is 19.8 Å². The SMILES string of the molecule is CC(C)CCOCCC(CO)Cc1cccc(F)c1. The van der Waals surface area contributed by atoms with Crippen LogP contribution in [0.2, 0.25) is 0 Å². The Balaban J connectivity index is 2.26. The van der Waals surface area contributed by atoms with E-state index in [1.54, 1.807) is 6.07 Å². The summed E-state index contributed by atoms with van der Waals surface area (Å²) < 4.78 is 18.6. The predicted molar refractivity (Wildman–Crippen MR) is 75.6 cm³/mol. The molecule has 0 bridgehead atoms. The highest BCUT2D eigenvalue weighted by atomic mass is 19.1. The second kappa shape index (κ2) is 9.05. The van der Waals surface area contributed by atoms with Gasteiger partial charge >= 0.3 is 0 Å². The standard InChI is InChI=1S/C16H25FO2/c1-13(2)6-8-19-9-7-15(12-18)10-14-4-3-5-16(17)11-14/h3-5,11,13,15,18H,6-10,12H2,1-2H3. The molecule has 0 saturated carbocycles. The van der Waals surface area contributed by atoms with E-state index in [2.05, 4.69) is 13.8 Å². The molecule has 19 heavy (non-hydrogen) atoms. The average Bonchev–Trinajstić information content (AvgIpc) is 2.36. The maximum Gasteiger partial charge on any atom is 0.123 e. The molecule has 0 aliphatic carbocycles. The van der Waals surface area contributed by atoms with E-state index in [0.29, 0.717) is 18.9 Å². The van der Waals surface area contributed by atoms with E-state index in [9.17, 15) is 9.50 Å². The molecule has 0 fully saturated rings. The molecule has 0 amide bonds. The predicted octanol–water partition coefficient (Wildman–Crippen LogP) is 3.43. The van der Waals surface area contributed by atoms with Gasteiger partial charge in [0.15, 0.2) is 0 Å². The molecule has 1 aromatic rings. The Morgan fingerprint density at radius 2 is 1.95 bits per heavy atom. The summed E-state index contributed by atoms with van der Waals surface area (Å²) in [5.41, 5.74) is 0.932. The topological polar surface area (TPSA) is 29.5 Å². The first kappa shape index (κ1) is 16.1. The molecule has 0 aliphatic rings. The highest BCUT2D eigenvalue weighted by molar-refractivity contribution is 5.16. The second-order valence-corrected chi connectivity index (χ2v) is 5.47. The Bertz CT molecular complexity index is 352. The summed E-state index contributed by atoms with van der Waals surface area (Å²) in [6.07, 6.45) is 2.57. The molecule has 3 heteroatoms. The fraction of sp³-hybridized carbons (Fsp3) is 0.625. The summed E-state index contributed by atoms with van der Waals surface area (Å²) >= 11 is 0. The van der Waals surface area contributed by atoms with Crippen LogP contribution in [-0.4, -0.2) is 24.9 Å². The summed E-state index contributed by atoms with van der Waals surface area (Å²) in [6.45, 7) is 5.89. The van der Waals surface area contributed by atoms with E-state index in [1.807, 2.05) is 6.07 Å². The lowest BCUT2D eigenvalue weighted by molar-refractivity contribution is 0.0984. The van der Waals surface area contributed by atoms with Crippen LogP contribution in [0.25, 0.3) is 0 Å². The van der Waals surface area contributed by atoms with Gasteiger partial charge in [0.25, 0.3) is 0 Å². The molecular formula is C16H25FO2. The van der Waals surface area contributed by atoms with Crippen LogP contribution < -0.4 is 0 Å². The Labute approximate surface area is 115 Å². The zero-order chi connectivity index (χ0) is 14.1. The fourth-order valence-corrected chi connectivity index (χ4v) is 1.93. The van der Waals surface area contributed by atoms with Gasteiger partial charge in [-0.05, 0) is 48.8 Å². The lowest BCUT2D eigenvalue weighted by atomic mass is 9.97. The molecule has 0 aromatic heterocycles. The van der Waals surface area contributed by atoms with Crippen LogP contribution in [0.15, 0.2) is 24.3 Å². The maximum atomic E-state index is 13.1. The first-order chi connectivity index (χ1) is 9.11. The number of hydrogen-bond donors (Lipinski definition) is 1. The highest BCUT2D eigenvalue weighted by Crippen LogP contribution is 2.13. The van der Waals surface area contributed by atoms with Crippen molar-refractivity contribution in [3.8, 4) is 0 Å². The Morgan fingerprint density at radius 1 is 1.21 bits per heavy atom. The van der Waals surface area contributed by atoms with Crippen molar-refractivity contribution in [3.63, 3.8) is 0 Å². The molecule has 1 aromatic carbocycles. The minimum Gasteiger partial charge on any atom is -0.396 e. The third-order valence-corrected chi connectivity index (χ3v) is 3.18. The van der Waals surface area contributed by atoms with Gasteiger partial charge in [0.1, 0.15) is 5.82 Å². The first-order valence-corrected chi connectivity index (χ1v) is 7.05. The summed E-state index contributed by atoms with van der Waals surface area (Å²) in [6, 6.07) is 6.57. The van der Waals surface area contributed by atoms with Gasteiger partial charge in [-0.15, -0.1) is 0 Å². The van der Waals surface area contributed by atoms with Gasteiger partial charge in [-0.25, -0.2) is 4.39 Å². The summed E-state index contributed by atoms with van der Waals surface area (Å²) in [5, 5.41) is 9.35. The Kier molecular flexibility index (Phi) is 7.68. The number of rotatable bonds is 9. The van der Waals surface area contributed by atoms with Crippen molar-refractivity contribution in [1.82, 2.24) is 0 Å². The van der Waals surface area contributed by atoms with Gasteiger partial charge in [-0.3, -0.25) is 0 Å². The molecule has 0 spiro atoms. The lowest BCUT2D eigenvalue weighted by Crippen LogP contribution is -2.13. The summed E-state index contributed by atoms with van der Waals surface area (Å²) in [5.74, 6) is 0.573. The minimum absolute atomic E-state index is 0.115. The van der Waals surface area contributed by atoms with Crippen molar-refractivity contribution >= 4 is 0 Å². The number of aliphatic hydroxyl groups excluding tert-OH is 1. The van der Waals surface area contributed by atoms with Gasteiger partial charge in [-0.1, -0.05) is 26.0 Å². The van der Waals surface area contributed by atoms with Crippen LogP contribution in [0.3, 0.4) is 0 Å². The first-order valence-electron chi connectivity index (χ1n) is 7.05. The van der Waals surface area contributed by atoms with Crippen LogP contribution in [0, 0.1) is 17.7 Å². The second-order valence-electron chi connectivity index (χ2n) is 5.47. The zero-order valence-corrected chi connectivity index (χ0v) is 11.9. The minimum atomic E-state index is -0.220. The van der Waals surface area contributed by atoms with E-state index in [1.165, 1.54) is 12.1 Å². The summed E-state index contributed by atoms with van der Waals surface area (Å²) in [4.78, 5) is 0. The van der Waals surface area contributed by atoms with Crippen LogP contribution >= 0.6 is 0 Å². The van der Waals surface area contributed by atoms with E-state index in [-0.39, 0.29) is 18.3 Å². The number of aliphatic hydroxyl groups is 1. The number of benzene rings is 1. The van der Waals surface area contributed by atoms with Crippen molar-refractivity contribution in [2.24, 2.45) is 11.8 Å². The van der Waals surface area contributed by atoms with Gasteiger partial charge < -0.3 is 9.84 Å². The van der Waals surface area contributed by atoms with Crippen molar-refractivity contribution in [1.29, 1.82) is 0 Å². The number of hydrogen-bond acceptors (Lipinski definition) is 2. The largest absolute Gasteiger partial charge is 0.396 e. The van der Waals surface area contributed by atoms with Crippen LogP contribution in [0.1, 0.15) is 32.3 Å². The normalized spacial score (nSPS) is 12.9. The molecule has 1 unspecified atom stereocenters. The number of halogens is 1. The summed E-state index contributed by atoms with van der Waals surface area (Å²) in [7, 11) is 0. The van der Waals surface area contributed by atoms with Gasteiger partial charge in [0.05, 0.1) is 0 Å². The van der Waals surface area contributed by atoms with Gasteiger partial charge in [0.2, 0.25) is 0 Å². The molecule has 0 heterocycles. The molecule has 0 aliphatic heterocycles. The van der Waals surface area contributed by atoms with Crippen molar-refractivity contribution in [2.45, 2.75) is 33.1 Å². The lowest BCUT2D eigenvalue weighted by Gasteiger charge is -2.14. The van der Waals surface area contributed by atoms with Gasteiger partial charge in [0, 0.05) is 19.8 Å². The van der Waals surface area contributed by atoms with Crippen LogP contribution in [-0.2, 0) is 11.2 Å². The van der Waals surface area contributed by atoms with Crippen molar-refractivity contribution < 1.29 is 14.2 Å². The Hall–Kier alpha value is -0.930. The van der Waals surface area contributed by atoms with Crippen molar-refractivity contribution in [3.05, 3.63) is 35.6 Å². The monoisotopic (exact) mass is 268 g/mol. The Morgan fingerprint density at radius 3 is 2.58 bits per heavy atom. The third kappa shape index (κ3) is 7.28. The average molecular weight is 268 g/mol. The molecule has 108 valence electrons. The third-order valence-electron chi connectivity index (χ3n) is 3.18. The number of ether oxygens (including phenoxy) is 1. The van der Waals surface area contributed by atoms with E-state index in [0.717, 1.165) is 25.0 Å². The van der Waals surface area contributed by atoms with Crippen LogP contribution in [0.4, 0.5) is 4.39 Å². The zero-order valence-electron chi connectivity index (χ0n) is 11.9. The van der Waals surface area contributed by atoms with E-state index < -0.39 is 0 Å². The van der Waals surface area contributed by atoms with E-state index >= 15 is 0 Å². The maximum absolute atomic E-state index is 13.1. The van der Waals surface area contributed by atoms with E-state index in [4.69, 9.17) is 4.74 Å². The molecule has 0 saturated heterocycles. The smallest absolute Gasteiger partial charge is 0.123 e. The highest BCUT2D eigenvalue weighted by Gasteiger charge is 2.09. The molecule has 1 N–H and O–H groups in total. The van der Waals surface area contributed by atoms with Crippen LogP contribution in [0.5, 0.6) is 0 Å². The quantitative estimate of drug-likeness (QED) is 0.695. The van der Waals surface area contributed by atoms with Gasteiger partial charge in [-0.2, -0.15) is 0 Å². The molecule has 0 radical (unpaired) electrons. The molecular weight excluding hydrogens is 243 g/mol. The molecule has 2 nitrogen and oxygen atoms in total.